The van der Waals surface area contributed by atoms with E-state index < -0.39 is 33.9 Å². The van der Waals surface area contributed by atoms with Crippen LogP contribution in [-0.2, 0) is 26.0 Å². The Balaban J connectivity index is 1.59. The number of ketones is 1. The maximum absolute atomic E-state index is 13.0. The Morgan fingerprint density at radius 1 is 0.903 bits per heavy atom. The number of hydrogen-bond donors (Lipinski definition) is 1. The van der Waals surface area contributed by atoms with E-state index in [2.05, 4.69) is 4.72 Å². The third-order valence-electron chi connectivity index (χ3n) is 5.28. The lowest BCUT2D eigenvalue weighted by Gasteiger charge is -2.22. The van der Waals surface area contributed by atoms with E-state index in [1.165, 1.54) is 24.3 Å². The number of esters is 1. The fourth-order valence-corrected chi connectivity index (χ4v) is 4.90. The van der Waals surface area contributed by atoms with Crippen molar-refractivity contribution in [1.29, 1.82) is 0 Å². The van der Waals surface area contributed by atoms with Gasteiger partial charge in [-0.1, -0.05) is 72.3 Å². The van der Waals surface area contributed by atoms with Crippen LogP contribution in [-0.4, -0.2) is 26.3 Å². The molecule has 0 radical (unpaired) electrons. The number of sulfonamides is 1. The van der Waals surface area contributed by atoms with Crippen LogP contribution in [0.4, 0.5) is 0 Å². The third kappa shape index (κ3) is 4.42. The average Bonchev–Trinajstić information content (AvgIpc) is 3.10. The van der Waals surface area contributed by atoms with Crippen LogP contribution in [0.3, 0.4) is 0 Å². The maximum Gasteiger partial charge on any atom is 0.380 e. The van der Waals surface area contributed by atoms with Gasteiger partial charge >= 0.3 is 5.97 Å². The van der Waals surface area contributed by atoms with Gasteiger partial charge in [0, 0.05) is 12.0 Å². The fraction of sp³-hybridized carbons (Fsp3) is 0.167. The van der Waals surface area contributed by atoms with Crippen molar-refractivity contribution in [3.63, 3.8) is 0 Å². The summed E-state index contributed by atoms with van der Waals surface area (Å²) in [6, 6.07) is 21.1. The van der Waals surface area contributed by atoms with Crippen LogP contribution in [0.15, 0.2) is 83.8 Å². The molecule has 4 rings (SSSR count). The fourth-order valence-electron chi connectivity index (χ4n) is 3.66. The monoisotopic (exact) mass is 435 g/mol. The standard InChI is InChI=1S/C24H21NO5S/c1-16-11-13-19(14-12-16)31(28,29)25-22-20-10-6-5-9-18(20)15-21(22)30-24(27)23(26)17-7-3-2-4-8-17/h2-14,21-22,25H,15H2,1H3/t21-,22+/m0/s1. The first-order valence-corrected chi connectivity index (χ1v) is 11.3. The Bertz CT molecular complexity index is 1220. The molecule has 1 N–H and O–H groups in total. The Morgan fingerprint density at radius 3 is 2.26 bits per heavy atom. The zero-order valence-corrected chi connectivity index (χ0v) is 17.6. The van der Waals surface area contributed by atoms with Gasteiger partial charge < -0.3 is 4.74 Å². The van der Waals surface area contributed by atoms with E-state index in [1.807, 2.05) is 19.1 Å². The van der Waals surface area contributed by atoms with Crippen molar-refractivity contribution in [2.24, 2.45) is 0 Å². The van der Waals surface area contributed by atoms with E-state index in [1.54, 1.807) is 42.5 Å². The molecule has 2 atom stereocenters. The first-order valence-electron chi connectivity index (χ1n) is 9.82. The zero-order chi connectivity index (χ0) is 22.0. The van der Waals surface area contributed by atoms with Crippen molar-refractivity contribution in [3.05, 3.63) is 101 Å². The van der Waals surface area contributed by atoms with Gasteiger partial charge in [0.15, 0.2) is 0 Å². The largest absolute Gasteiger partial charge is 0.454 e. The Labute approximate surface area is 180 Å². The minimum Gasteiger partial charge on any atom is -0.454 e. The van der Waals surface area contributed by atoms with Crippen LogP contribution in [0.25, 0.3) is 0 Å². The molecular weight excluding hydrogens is 414 g/mol. The summed E-state index contributed by atoms with van der Waals surface area (Å²) in [6.07, 6.45) is -0.525. The number of fused-ring (bicyclic) bond motifs is 1. The first-order chi connectivity index (χ1) is 14.8. The molecule has 3 aromatic carbocycles. The summed E-state index contributed by atoms with van der Waals surface area (Å²) < 4.78 is 34.1. The van der Waals surface area contributed by atoms with E-state index in [0.717, 1.165) is 16.7 Å². The Kier molecular flexibility index (Phi) is 5.71. The van der Waals surface area contributed by atoms with Crippen molar-refractivity contribution in [3.8, 4) is 0 Å². The second-order valence-corrected chi connectivity index (χ2v) is 9.17. The van der Waals surface area contributed by atoms with Crippen LogP contribution in [0.1, 0.15) is 33.1 Å². The van der Waals surface area contributed by atoms with Gasteiger partial charge in [-0.15, -0.1) is 0 Å². The highest BCUT2D eigenvalue weighted by atomic mass is 32.2. The van der Waals surface area contributed by atoms with Crippen molar-refractivity contribution >= 4 is 21.8 Å². The van der Waals surface area contributed by atoms with Crippen molar-refractivity contribution in [2.75, 3.05) is 0 Å². The molecule has 0 saturated heterocycles. The Hall–Kier alpha value is -3.29. The van der Waals surface area contributed by atoms with E-state index >= 15 is 0 Å². The summed E-state index contributed by atoms with van der Waals surface area (Å²) in [7, 11) is -3.87. The number of ether oxygens (including phenoxy) is 1. The van der Waals surface area contributed by atoms with Gasteiger partial charge in [-0.3, -0.25) is 4.79 Å². The number of rotatable bonds is 6. The quantitative estimate of drug-likeness (QED) is 0.364. The van der Waals surface area contributed by atoms with Gasteiger partial charge in [-0.2, -0.15) is 4.72 Å². The molecule has 7 heteroatoms. The SMILES string of the molecule is Cc1ccc(S(=O)(=O)N[C@@H]2c3ccccc3C[C@@H]2OC(=O)C(=O)c2ccccc2)cc1. The summed E-state index contributed by atoms with van der Waals surface area (Å²) in [6.45, 7) is 1.87. The molecule has 1 aliphatic rings. The molecule has 0 saturated carbocycles. The van der Waals surface area contributed by atoms with Crippen molar-refractivity contribution in [2.45, 2.75) is 30.4 Å². The van der Waals surface area contributed by atoms with Gasteiger partial charge in [0.2, 0.25) is 10.0 Å². The second-order valence-electron chi connectivity index (χ2n) is 7.45. The molecule has 6 nitrogen and oxygen atoms in total. The lowest BCUT2D eigenvalue weighted by molar-refractivity contribution is -0.144. The minimum absolute atomic E-state index is 0.118. The molecule has 0 spiro atoms. The zero-order valence-electron chi connectivity index (χ0n) is 16.8. The van der Waals surface area contributed by atoms with Crippen LogP contribution in [0, 0.1) is 6.92 Å². The summed E-state index contributed by atoms with van der Waals surface area (Å²) >= 11 is 0. The first kappa shape index (κ1) is 21.0. The van der Waals surface area contributed by atoms with E-state index in [4.69, 9.17) is 4.74 Å². The minimum atomic E-state index is -3.87. The summed E-state index contributed by atoms with van der Waals surface area (Å²) in [5, 5.41) is 0. The molecule has 3 aromatic rings. The Morgan fingerprint density at radius 2 is 1.55 bits per heavy atom. The highest BCUT2D eigenvalue weighted by Crippen LogP contribution is 2.34. The molecule has 158 valence electrons. The predicted molar refractivity (Wildman–Crippen MR) is 115 cm³/mol. The summed E-state index contributed by atoms with van der Waals surface area (Å²) in [5.41, 5.74) is 2.75. The van der Waals surface area contributed by atoms with Crippen LogP contribution < -0.4 is 4.72 Å². The number of carbonyl (C=O) groups excluding carboxylic acids is 2. The molecule has 0 bridgehead atoms. The number of Topliss-reactive ketones (excluding diaryl/α,β-unsaturated/α-hetero) is 1. The van der Waals surface area contributed by atoms with Crippen LogP contribution in [0.5, 0.6) is 0 Å². The van der Waals surface area contributed by atoms with Crippen molar-refractivity contribution < 1.29 is 22.7 Å². The van der Waals surface area contributed by atoms with Gasteiger partial charge in [-0.05, 0) is 30.2 Å². The molecule has 0 heterocycles. The van der Waals surface area contributed by atoms with E-state index in [9.17, 15) is 18.0 Å². The maximum atomic E-state index is 13.0. The molecule has 1 aliphatic carbocycles. The second kappa shape index (κ2) is 8.45. The lowest BCUT2D eigenvalue weighted by Crippen LogP contribution is -2.37. The number of benzene rings is 3. The van der Waals surface area contributed by atoms with Gasteiger partial charge in [0.1, 0.15) is 6.10 Å². The van der Waals surface area contributed by atoms with E-state index in [0.29, 0.717) is 6.42 Å². The normalized spacial score (nSPS) is 17.7. The van der Waals surface area contributed by atoms with Crippen molar-refractivity contribution in [1.82, 2.24) is 4.72 Å². The predicted octanol–water partition coefficient (Wildman–Crippen LogP) is 3.37. The van der Waals surface area contributed by atoms with Crippen LogP contribution in [0.2, 0.25) is 0 Å². The number of aryl methyl sites for hydroxylation is 1. The van der Waals surface area contributed by atoms with Crippen LogP contribution >= 0.6 is 0 Å². The molecule has 0 amide bonds. The molecule has 0 unspecified atom stereocenters. The number of carbonyl (C=O) groups is 2. The van der Waals surface area contributed by atoms with Gasteiger partial charge in [0.25, 0.3) is 5.78 Å². The average molecular weight is 436 g/mol. The van der Waals surface area contributed by atoms with Gasteiger partial charge in [-0.25, -0.2) is 13.2 Å². The molecular formula is C24H21NO5S. The highest BCUT2D eigenvalue weighted by molar-refractivity contribution is 7.89. The van der Waals surface area contributed by atoms with Gasteiger partial charge in [0.05, 0.1) is 10.9 Å². The summed E-state index contributed by atoms with van der Waals surface area (Å²) in [4.78, 5) is 25.1. The molecule has 0 fully saturated rings. The number of hydrogen-bond acceptors (Lipinski definition) is 5. The molecule has 31 heavy (non-hydrogen) atoms. The summed E-state index contributed by atoms with van der Waals surface area (Å²) in [5.74, 6) is -1.78. The smallest absolute Gasteiger partial charge is 0.380 e. The number of nitrogens with one attached hydrogen (secondary N) is 1. The highest BCUT2D eigenvalue weighted by Gasteiger charge is 2.39. The van der Waals surface area contributed by atoms with E-state index in [-0.39, 0.29) is 10.5 Å². The third-order valence-corrected chi connectivity index (χ3v) is 6.73. The molecule has 0 aromatic heterocycles. The topological polar surface area (TPSA) is 89.5 Å². The molecule has 0 aliphatic heterocycles. The lowest BCUT2D eigenvalue weighted by atomic mass is 10.1.